The first kappa shape index (κ1) is 17.8. The summed E-state index contributed by atoms with van der Waals surface area (Å²) in [7, 11) is 0. The van der Waals surface area contributed by atoms with E-state index < -0.39 is 5.97 Å². The molecule has 0 unspecified atom stereocenters. The second-order valence-corrected chi connectivity index (χ2v) is 7.49. The molecule has 0 saturated carbocycles. The van der Waals surface area contributed by atoms with Crippen LogP contribution in [0.2, 0.25) is 0 Å². The Balaban J connectivity index is 1.56. The Labute approximate surface area is 154 Å². The molecule has 5 nitrogen and oxygen atoms in total. The molecule has 1 saturated heterocycles. The van der Waals surface area contributed by atoms with E-state index in [1.165, 1.54) is 22.7 Å². The highest BCUT2D eigenvalue weighted by Gasteiger charge is 2.19. The van der Waals surface area contributed by atoms with Crippen molar-refractivity contribution in [1.29, 1.82) is 0 Å². The number of thiophene rings is 2. The van der Waals surface area contributed by atoms with Crippen LogP contribution in [-0.2, 0) is 19.1 Å². The third-order valence-corrected chi connectivity index (χ3v) is 5.44. The minimum Gasteiger partial charge on any atom is -0.452 e. The van der Waals surface area contributed by atoms with Crippen molar-refractivity contribution in [3.8, 4) is 0 Å². The summed E-state index contributed by atoms with van der Waals surface area (Å²) >= 11 is 3.00. The molecule has 2 aromatic heterocycles. The summed E-state index contributed by atoms with van der Waals surface area (Å²) in [6, 6.07) is 7.60. The maximum absolute atomic E-state index is 12.4. The lowest BCUT2D eigenvalue weighted by molar-refractivity contribution is -0.143. The minimum absolute atomic E-state index is 0.0695. The van der Waals surface area contributed by atoms with Gasteiger partial charge in [-0.3, -0.25) is 4.79 Å². The number of hydrogen-bond donors (Lipinski definition) is 1. The number of hydrogen-bond acceptors (Lipinski definition) is 6. The van der Waals surface area contributed by atoms with E-state index >= 15 is 0 Å². The zero-order valence-corrected chi connectivity index (χ0v) is 15.2. The Kier molecular flexibility index (Phi) is 6.38. The Hall–Kier alpha value is -1.96. The van der Waals surface area contributed by atoms with E-state index in [9.17, 15) is 9.59 Å². The predicted molar refractivity (Wildman–Crippen MR) is 99.5 cm³/mol. The van der Waals surface area contributed by atoms with Gasteiger partial charge < -0.3 is 14.8 Å². The maximum atomic E-state index is 12.4. The van der Waals surface area contributed by atoms with Crippen LogP contribution in [0.3, 0.4) is 0 Å². The van der Waals surface area contributed by atoms with Crippen LogP contribution >= 0.6 is 22.7 Å². The van der Waals surface area contributed by atoms with Crippen LogP contribution in [0.5, 0.6) is 0 Å². The van der Waals surface area contributed by atoms with Crippen molar-refractivity contribution in [3.63, 3.8) is 0 Å². The molecule has 1 fully saturated rings. The third-order valence-electron chi connectivity index (χ3n) is 3.72. The normalized spacial score (nSPS) is 17.4. The van der Waals surface area contributed by atoms with Crippen LogP contribution < -0.4 is 5.32 Å². The predicted octanol–water partition coefficient (Wildman–Crippen LogP) is 3.19. The van der Waals surface area contributed by atoms with Gasteiger partial charge in [0.15, 0.2) is 6.61 Å². The van der Waals surface area contributed by atoms with E-state index in [2.05, 4.69) is 5.32 Å². The molecule has 2 aromatic rings. The van der Waals surface area contributed by atoms with E-state index in [4.69, 9.17) is 9.47 Å². The third kappa shape index (κ3) is 5.26. The molecule has 0 radical (unpaired) electrons. The average Bonchev–Trinajstić information content (AvgIpc) is 3.38. The first-order chi connectivity index (χ1) is 12.2. The molecule has 0 bridgehead atoms. The monoisotopic (exact) mass is 377 g/mol. The van der Waals surface area contributed by atoms with Gasteiger partial charge in [0.05, 0.1) is 11.7 Å². The molecule has 1 amide bonds. The van der Waals surface area contributed by atoms with Crippen molar-refractivity contribution in [2.75, 3.05) is 19.8 Å². The topological polar surface area (TPSA) is 64.6 Å². The van der Waals surface area contributed by atoms with Crippen molar-refractivity contribution >= 4 is 46.2 Å². The second-order valence-electron chi connectivity index (χ2n) is 5.57. The quantitative estimate of drug-likeness (QED) is 0.595. The molecule has 132 valence electrons. The first-order valence-electron chi connectivity index (χ1n) is 8.07. The van der Waals surface area contributed by atoms with E-state index in [0.29, 0.717) is 12.1 Å². The molecule has 1 aliphatic heterocycles. The lowest BCUT2D eigenvalue weighted by Gasteiger charge is -2.11. The van der Waals surface area contributed by atoms with Crippen LogP contribution in [0.1, 0.15) is 22.6 Å². The summed E-state index contributed by atoms with van der Waals surface area (Å²) in [5.74, 6) is -0.811. The Morgan fingerprint density at radius 3 is 2.80 bits per heavy atom. The number of carbonyl (C=O) groups is 2. The summed E-state index contributed by atoms with van der Waals surface area (Å²) in [6.07, 6.45) is 3.84. The largest absolute Gasteiger partial charge is 0.452 e. The van der Waals surface area contributed by atoms with Gasteiger partial charge in [-0.2, -0.15) is 0 Å². The van der Waals surface area contributed by atoms with Gasteiger partial charge in [-0.25, -0.2) is 4.79 Å². The highest BCUT2D eigenvalue weighted by molar-refractivity contribution is 7.12. The summed E-state index contributed by atoms with van der Waals surface area (Å²) in [6.45, 7) is 0.908. The van der Waals surface area contributed by atoms with Crippen molar-refractivity contribution in [2.24, 2.45) is 0 Å². The van der Waals surface area contributed by atoms with Gasteiger partial charge in [0, 0.05) is 22.9 Å². The Morgan fingerprint density at radius 1 is 1.28 bits per heavy atom. The molecule has 7 heteroatoms. The number of amides is 1. The molecule has 0 aromatic carbocycles. The number of ether oxygens (including phenoxy) is 2. The molecular weight excluding hydrogens is 358 g/mol. The molecule has 1 atom stereocenters. The molecule has 0 aliphatic carbocycles. The Bertz CT molecular complexity index is 716. The fraction of sp³-hybridized carbons (Fsp3) is 0.333. The molecule has 1 aliphatic rings. The Morgan fingerprint density at radius 2 is 2.12 bits per heavy atom. The zero-order chi connectivity index (χ0) is 17.5. The summed E-state index contributed by atoms with van der Waals surface area (Å²) < 4.78 is 10.7. The van der Waals surface area contributed by atoms with E-state index in [0.717, 1.165) is 29.2 Å². The smallest absolute Gasteiger partial charge is 0.340 e. The van der Waals surface area contributed by atoms with Crippen LogP contribution in [-0.4, -0.2) is 37.7 Å². The fourth-order valence-electron chi connectivity index (χ4n) is 2.47. The lowest BCUT2D eigenvalue weighted by Crippen LogP contribution is -2.34. The highest BCUT2D eigenvalue weighted by atomic mass is 32.1. The van der Waals surface area contributed by atoms with Crippen molar-refractivity contribution in [3.05, 3.63) is 44.8 Å². The number of carbonyl (C=O) groups excluding carboxylic acids is 2. The minimum atomic E-state index is -0.497. The standard InChI is InChI=1S/C18H19NO4S2/c20-17(19-11-13-4-1-7-22-13)12-23-18(21)15(16-6-3-9-25-16)10-14-5-2-8-24-14/h2-3,5-6,8-10,13H,1,4,7,11-12H2,(H,19,20)/b15-10+/t13-/m0/s1. The SMILES string of the molecule is O=C(COC(=O)/C(=C/c1cccs1)c1cccs1)NC[C@@H]1CCCO1. The zero-order valence-electron chi connectivity index (χ0n) is 13.6. The molecule has 25 heavy (non-hydrogen) atoms. The van der Waals surface area contributed by atoms with Crippen LogP contribution in [0.15, 0.2) is 35.0 Å². The van der Waals surface area contributed by atoms with Crippen LogP contribution in [0.4, 0.5) is 0 Å². The van der Waals surface area contributed by atoms with Gasteiger partial charge >= 0.3 is 5.97 Å². The van der Waals surface area contributed by atoms with Gasteiger partial charge in [-0.05, 0) is 41.8 Å². The van der Waals surface area contributed by atoms with Gasteiger partial charge in [0.2, 0.25) is 0 Å². The van der Waals surface area contributed by atoms with Crippen LogP contribution in [0, 0.1) is 0 Å². The molecule has 3 heterocycles. The summed E-state index contributed by atoms with van der Waals surface area (Å²) in [5.41, 5.74) is 0.462. The van der Waals surface area contributed by atoms with Gasteiger partial charge in [-0.1, -0.05) is 12.1 Å². The van der Waals surface area contributed by atoms with E-state index in [1.807, 2.05) is 35.0 Å². The molecule has 1 N–H and O–H groups in total. The van der Waals surface area contributed by atoms with E-state index in [1.54, 1.807) is 6.08 Å². The molecular formula is C18H19NO4S2. The second kappa shape index (κ2) is 8.94. The number of esters is 1. The van der Waals surface area contributed by atoms with Gasteiger partial charge in [0.1, 0.15) is 0 Å². The van der Waals surface area contributed by atoms with E-state index in [-0.39, 0.29) is 18.6 Å². The lowest BCUT2D eigenvalue weighted by atomic mass is 10.2. The van der Waals surface area contributed by atoms with Crippen LogP contribution in [0.25, 0.3) is 11.6 Å². The maximum Gasteiger partial charge on any atom is 0.340 e. The van der Waals surface area contributed by atoms with Crippen molar-refractivity contribution in [2.45, 2.75) is 18.9 Å². The number of nitrogens with one attached hydrogen (secondary N) is 1. The molecule has 0 spiro atoms. The highest BCUT2D eigenvalue weighted by Crippen LogP contribution is 2.25. The number of rotatable bonds is 7. The van der Waals surface area contributed by atoms with Gasteiger partial charge in [-0.15, -0.1) is 22.7 Å². The van der Waals surface area contributed by atoms with Crippen molar-refractivity contribution in [1.82, 2.24) is 5.32 Å². The molecule has 3 rings (SSSR count). The summed E-state index contributed by atoms with van der Waals surface area (Å²) in [5, 5.41) is 6.59. The summed E-state index contributed by atoms with van der Waals surface area (Å²) in [4.78, 5) is 26.1. The van der Waals surface area contributed by atoms with Gasteiger partial charge in [0.25, 0.3) is 5.91 Å². The fourth-order valence-corrected chi connectivity index (χ4v) is 3.86. The first-order valence-corrected chi connectivity index (χ1v) is 9.83. The van der Waals surface area contributed by atoms with Crippen molar-refractivity contribution < 1.29 is 19.1 Å². The average molecular weight is 377 g/mol.